The van der Waals surface area contributed by atoms with Crippen LogP contribution < -0.4 is 11.1 Å². The van der Waals surface area contributed by atoms with Gasteiger partial charge in [0, 0.05) is 19.0 Å². The van der Waals surface area contributed by atoms with Crippen molar-refractivity contribution in [3.8, 4) is 0 Å². The Balaban J connectivity index is 2.41. The van der Waals surface area contributed by atoms with E-state index in [1.807, 2.05) is 13.8 Å². The van der Waals surface area contributed by atoms with E-state index >= 15 is 0 Å². The summed E-state index contributed by atoms with van der Waals surface area (Å²) in [6.45, 7) is 4.61. The third-order valence-corrected chi connectivity index (χ3v) is 2.64. The van der Waals surface area contributed by atoms with Crippen LogP contribution in [0.2, 0.25) is 0 Å². The molecule has 1 amide bonds. The van der Waals surface area contributed by atoms with Gasteiger partial charge in [0.05, 0.1) is 11.8 Å². The molecule has 0 aliphatic heterocycles. The lowest BCUT2D eigenvalue weighted by molar-refractivity contribution is 0.0950. The normalized spacial score (nSPS) is 12.4. The highest BCUT2D eigenvalue weighted by atomic mass is 16.3. The third-order valence-electron chi connectivity index (χ3n) is 2.64. The average molecular weight is 224 g/mol. The van der Waals surface area contributed by atoms with Crippen molar-refractivity contribution in [2.75, 3.05) is 6.54 Å². The molecule has 3 N–H and O–H groups in total. The van der Waals surface area contributed by atoms with E-state index in [1.54, 1.807) is 12.3 Å². The van der Waals surface area contributed by atoms with Gasteiger partial charge in [0.25, 0.3) is 5.91 Å². The van der Waals surface area contributed by atoms with Crippen LogP contribution in [0.25, 0.3) is 0 Å². The van der Waals surface area contributed by atoms with Crippen LogP contribution >= 0.6 is 0 Å². The molecule has 1 aromatic rings. The predicted octanol–water partition coefficient (Wildman–Crippen LogP) is 1.70. The van der Waals surface area contributed by atoms with Crippen molar-refractivity contribution in [3.05, 3.63) is 23.7 Å². The van der Waals surface area contributed by atoms with Gasteiger partial charge in [-0.15, -0.1) is 0 Å². The average Bonchev–Trinajstić information content (AvgIpc) is 2.76. The number of carbonyl (C=O) groups excluding carboxylic acids is 1. The maximum Gasteiger partial charge on any atom is 0.254 e. The van der Waals surface area contributed by atoms with Crippen LogP contribution in [0.15, 0.2) is 16.7 Å². The monoisotopic (exact) mass is 224 g/mol. The Morgan fingerprint density at radius 3 is 2.94 bits per heavy atom. The first-order valence-electron chi connectivity index (χ1n) is 5.79. The number of nitrogens with one attached hydrogen (secondary N) is 1. The van der Waals surface area contributed by atoms with Crippen LogP contribution in [0.5, 0.6) is 0 Å². The molecule has 1 aromatic heterocycles. The van der Waals surface area contributed by atoms with Crippen LogP contribution in [-0.4, -0.2) is 18.5 Å². The van der Waals surface area contributed by atoms with Crippen LogP contribution in [-0.2, 0) is 6.42 Å². The van der Waals surface area contributed by atoms with Crippen molar-refractivity contribution in [3.63, 3.8) is 0 Å². The van der Waals surface area contributed by atoms with E-state index in [0.717, 1.165) is 25.0 Å². The van der Waals surface area contributed by atoms with Crippen LogP contribution in [0.1, 0.15) is 42.8 Å². The fourth-order valence-corrected chi connectivity index (χ4v) is 1.49. The molecule has 1 atom stereocenters. The Morgan fingerprint density at radius 1 is 1.56 bits per heavy atom. The molecule has 0 bridgehead atoms. The highest BCUT2D eigenvalue weighted by Crippen LogP contribution is 2.10. The summed E-state index contributed by atoms with van der Waals surface area (Å²) in [7, 11) is 0. The zero-order valence-corrected chi connectivity index (χ0v) is 9.95. The quantitative estimate of drug-likeness (QED) is 0.772. The number of hydrogen-bond donors (Lipinski definition) is 2. The van der Waals surface area contributed by atoms with Crippen molar-refractivity contribution in [1.82, 2.24) is 5.32 Å². The zero-order chi connectivity index (χ0) is 12.0. The Kier molecular flexibility index (Phi) is 5.05. The molecule has 16 heavy (non-hydrogen) atoms. The Hall–Kier alpha value is -1.29. The summed E-state index contributed by atoms with van der Waals surface area (Å²) in [4.78, 5) is 11.7. The maximum atomic E-state index is 11.7. The minimum Gasteiger partial charge on any atom is -0.469 e. The minimum atomic E-state index is -0.0751. The molecule has 0 fully saturated rings. The molecule has 0 aromatic carbocycles. The molecule has 0 spiro atoms. The van der Waals surface area contributed by atoms with E-state index in [4.69, 9.17) is 10.2 Å². The number of nitrogens with two attached hydrogens (primary N) is 1. The summed E-state index contributed by atoms with van der Waals surface area (Å²) >= 11 is 0. The number of amides is 1. The van der Waals surface area contributed by atoms with Crippen molar-refractivity contribution >= 4 is 5.91 Å². The Bertz CT molecular complexity index is 334. The third kappa shape index (κ3) is 3.38. The number of carbonyl (C=O) groups is 1. The second-order valence-corrected chi connectivity index (χ2v) is 3.82. The lowest BCUT2D eigenvalue weighted by atomic mass is 10.1. The van der Waals surface area contributed by atoms with E-state index < -0.39 is 0 Å². The number of aryl methyl sites for hydroxylation is 1. The Labute approximate surface area is 96.2 Å². The lowest BCUT2D eigenvalue weighted by Gasteiger charge is -2.09. The Morgan fingerprint density at radius 2 is 2.31 bits per heavy atom. The summed E-state index contributed by atoms with van der Waals surface area (Å²) in [5, 5.41) is 2.85. The highest BCUT2D eigenvalue weighted by molar-refractivity contribution is 5.95. The molecule has 4 heteroatoms. The maximum absolute atomic E-state index is 11.7. The van der Waals surface area contributed by atoms with Crippen LogP contribution in [0.3, 0.4) is 0 Å². The van der Waals surface area contributed by atoms with Gasteiger partial charge in [-0.05, 0) is 18.9 Å². The number of hydrogen-bond acceptors (Lipinski definition) is 3. The van der Waals surface area contributed by atoms with Gasteiger partial charge in [-0.25, -0.2) is 0 Å². The molecule has 90 valence electrons. The summed E-state index contributed by atoms with van der Waals surface area (Å²) < 4.78 is 5.20. The van der Waals surface area contributed by atoms with Gasteiger partial charge in [-0.1, -0.05) is 13.8 Å². The summed E-state index contributed by atoms with van der Waals surface area (Å²) in [5.41, 5.74) is 6.40. The van der Waals surface area contributed by atoms with E-state index in [0.29, 0.717) is 12.1 Å². The largest absolute Gasteiger partial charge is 0.469 e. The fraction of sp³-hybridized carbons (Fsp3) is 0.583. The molecule has 0 saturated carbocycles. The minimum absolute atomic E-state index is 0.0751. The first-order chi connectivity index (χ1) is 7.69. The molecular formula is C12H20N2O2. The fourth-order valence-electron chi connectivity index (χ4n) is 1.49. The predicted molar refractivity (Wildman–Crippen MR) is 63.3 cm³/mol. The van der Waals surface area contributed by atoms with Crippen molar-refractivity contribution < 1.29 is 9.21 Å². The first kappa shape index (κ1) is 12.8. The van der Waals surface area contributed by atoms with E-state index in [-0.39, 0.29) is 11.9 Å². The van der Waals surface area contributed by atoms with Crippen molar-refractivity contribution in [2.45, 2.75) is 39.2 Å². The molecule has 0 aliphatic rings. The molecule has 0 aliphatic carbocycles. The van der Waals surface area contributed by atoms with Gasteiger partial charge >= 0.3 is 0 Å². The van der Waals surface area contributed by atoms with E-state index in [1.165, 1.54) is 0 Å². The van der Waals surface area contributed by atoms with Gasteiger partial charge in [0.2, 0.25) is 0 Å². The van der Waals surface area contributed by atoms with Crippen LogP contribution in [0, 0.1) is 0 Å². The standard InChI is InChI=1S/C12H20N2O2/c1-3-9(13)5-7-14-12(15)10-6-8-16-11(10)4-2/h6,8-9H,3-5,7,13H2,1-2H3,(H,14,15). The van der Waals surface area contributed by atoms with E-state index in [2.05, 4.69) is 5.32 Å². The number of furan rings is 1. The summed E-state index contributed by atoms with van der Waals surface area (Å²) in [5.74, 6) is 0.659. The van der Waals surface area contributed by atoms with Crippen molar-refractivity contribution in [1.29, 1.82) is 0 Å². The van der Waals surface area contributed by atoms with Crippen LogP contribution in [0.4, 0.5) is 0 Å². The van der Waals surface area contributed by atoms with Gasteiger partial charge in [-0.3, -0.25) is 4.79 Å². The van der Waals surface area contributed by atoms with Gasteiger partial charge in [0.15, 0.2) is 0 Å². The van der Waals surface area contributed by atoms with E-state index in [9.17, 15) is 4.79 Å². The molecule has 0 radical (unpaired) electrons. The van der Waals surface area contributed by atoms with Crippen molar-refractivity contribution in [2.24, 2.45) is 5.73 Å². The second kappa shape index (κ2) is 6.33. The number of rotatable bonds is 6. The smallest absolute Gasteiger partial charge is 0.254 e. The van der Waals surface area contributed by atoms with Gasteiger partial charge in [0.1, 0.15) is 5.76 Å². The lowest BCUT2D eigenvalue weighted by Crippen LogP contribution is -2.30. The molecule has 1 rings (SSSR count). The molecular weight excluding hydrogens is 204 g/mol. The highest BCUT2D eigenvalue weighted by Gasteiger charge is 2.12. The molecule has 1 unspecified atom stereocenters. The summed E-state index contributed by atoms with van der Waals surface area (Å²) in [6, 6.07) is 1.86. The molecule has 0 saturated heterocycles. The first-order valence-corrected chi connectivity index (χ1v) is 5.79. The van der Waals surface area contributed by atoms with Gasteiger partial charge in [-0.2, -0.15) is 0 Å². The molecule has 4 nitrogen and oxygen atoms in total. The summed E-state index contributed by atoms with van der Waals surface area (Å²) in [6.07, 6.45) is 4.01. The van der Waals surface area contributed by atoms with Gasteiger partial charge < -0.3 is 15.5 Å². The zero-order valence-electron chi connectivity index (χ0n) is 9.95. The second-order valence-electron chi connectivity index (χ2n) is 3.82. The molecule has 1 heterocycles. The topological polar surface area (TPSA) is 68.3 Å². The SMILES string of the molecule is CCc1occc1C(=O)NCCC(N)CC.